The minimum atomic E-state index is -4.16. The van der Waals surface area contributed by atoms with Crippen molar-refractivity contribution in [3.8, 4) is 5.75 Å². The lowest BCUT2D eigenvalue weighted by atomic mass is 9.83. The summed E-state index contributed by atoms with van der Waals surface area (Å²) in [5.41, 5.74) is 2.47. The largest absolute Gasteiger partial charge is 0.737 e. The molecule has 28 heavy (non-hydrogen) atoms. The van der Waals surface area contributed by atoms with Crippen LogP contribution in [0.3, 0.4) is 0 Å². The summed E-state index contributed by atoms with van der Waals surface area (Å²) in [5.74, 6) is -1.73. The van der Waals surface area contributed by atoms with Gasteiger partial charge in [0.05, 0.1) is 12.7 Å². The van der Waals surface area contributed by atoms with Gasteiger partial charge in [-0.3, -0.25) is 0 Å². The Hall–Kier alpha value is -2.77. The number of nitrogens with zero attached hydrogens (tertiary/aromatic N) is 2. The molecule has 3 nitrogen and oxygen atoms in total. The average Bonchev–Trinajstić information content (AvgIpc) is 3.07. The van der Waals surface area contributed by atoms with Gasteiger partial charge in [-0.1, -0.05) is 0 Å². The predicted molar refractivity (Wildman–Crippen MR) is 101 cm³/mol. The summed E-state index contributed by atoms with van der Waals surface area (Å²) in [6.45, 7) is 2.41. The zero-order chi connectivity index (χ0) is 20.5. The van der Waals surface area contributed by atoms with Gasteiger partial charge in [0.15, 0.2) is 17.3 Å². The van der Waals surface area contributed by atoms with Crippen LogP contribution in [0.2, 0.25) is 0 Å². The summed E-state index contributed by atoms with van der Waals surface area (Å²) >= 11 is 0. The highest BCUT2D eigenvalue weighted by Gasteiger charge is 2.55. The maximum atomic E-state index is 15.5. The van der Waals surface area contributed by atoms with E-state index in [2.05, 4.69) is 0 Å². The maximum absolute atomic E-state index is 15.5. The van der Waals surface area contributed by atoms with Crippen LogP contribution in [0.5, 0.6) is 5.75 Å². The molecule has 146 valence electrons. The zero-order valence-electron chi connectivity index (χ0n) is 16.2. The Balaban J connectivity index is 2.18. The van der Waals surface area contributed by atoms with E-state index in [0.717, 1.165) is 21.1 Å². The summed E-state index contributed by atoms with van der Waals surface area (Å²) < 4.78 is 67.2. The van der Waals surface area contributed by atoms with Crippen molar-refractivity contribution in [1.82, 2.24) is 4.48 Å². The smallest absolute Gasteiger partial charge is 0.494 e. The number of rotatable bonds is 2. The summed E-state index contributed by atoms with van der Waals surface area (Å²) in [5, 5.41) is 0. The molecule has 0 unspecified atom stereocenters. The Kier molecular flexibility index (Phi) is 3.89. The molecule has 0 fully saturated rings. The number of hydrogen-bond donors (Lipinski definition) is 0. The molecule has 0 atom stereocenters. The third-order valence-corrected chi connectivity index (χ3v) is 5.45. The highest BCUT2D eigenvalue weighted by Crippen LogP contribution is 2.45. The maximum Gasteiger partial charge on any atom is 0.737 e. The van der Waals surface area contributed by atoms with Gasteiger partial charge in [-0.05, 0) is 44.2 Å². The summed E-state index contributed by atoms with van der Waals surface area (Å²) in [4.78, 5) is 0. The molecule has 4 rings (SSSR count). The van der Waals surface area contributed by atoms with Crippen molar-refractivity contribution in [2.45, 2.75) is 27.7 Å². The molecule has 2 aliphatic rings. The van der Waals surface area contributed by atoms with E-state index in [9.17, 15) is 8.78 Å². The van der Waals surface area contributed by atoms with E-state index in [4.69, 9.17) is 4.74 Å². The second-order valence-corrected chi connectivity index (χ2v) is 7.30. The Morgan fingerprint density at radius 2 is 1.68 bits per heavy atom. The van der Waals surface area contributed by atoms with E-state index in [1.54, 1.807) is 39.8 Å². The lowest BCUT2D eigenvalue weighted by Crippen LogP contribution is -2.51. The Morgan fingerprint density at radius 1 is 1.00 bits per heavy atom. The Bertz CT molecular complexity index is 1140. The Labute approximate surface area is 160 Å². The minimum absolute atomic E-state index is 0.0745. The topological polar surface area (TPSA) is 17.2 Å². The molecule has 0 saturated heterocycles. The number of halogens is 4. The molecule has 0 bridgehead atoms. The molecule has 1 aromatic carbocycles. The van der Waals surface area contributed by atoms with Gasteiger partial charge in [0.1, 0.15) is 11.5 Å². The number of methoxy groups -OCH3 is 1. The SMILES string of the molecule is COc1cc(F)c(C2=C3C(C)=CC(C)=[N+]3[B-](F)(F)n3c(C)cc(C)c32)cc1F. The van der Waals surface area contributed by atoms with Crippen LogP contribution in [0.25, 0.3) is 5.57 Å². The van der Waals surface area contributed by atoms with E-state index < -0.39 is 18.6 Å². The number of fused-ring (bicyclic) bond motifs is 2. The van der Waals surface area contributed by atoms with E-state index in [1.165, 1.54) is 7.11 Å². The van der Waals surface area contributed by atoms with Crippen LogP contribution in [0.15, 0.2) is 35.5 Å². The van der Waals surface area contributed by atoms with Gasteiger partial charge in [0, 0.05) is 35.9 Å². The van der Waals surface area contributed by atoms with E-state index in [0.29, 0.717) is 22.5 Å². The van der Waals surface area contributed by atoms with Crippen molar-refractivity contribution in [3.05, 3.63) is 69.7 Å². The second-order valence-electron chi connectivity index (χ2n) is 7.30. The first kappa shape index (κ1) is 18.6. The zero-order valence-corrected chi connectivity index (χ0v) is 16.2. The molecular formula is C20H19BF4N2O. The van der Waals surface area contributed by atoms with E-state index in [-0.39, 0.29) is 28.3 Å². The third-order valence-electron chi connectivity index (χ3n) is 5.45. The van der Waals surface area contributed by atoms with Crippen molar-refractivity contribution in [2.75, 3.05) is 7.11 Å². The first-order chi connectivity index (χ1) is 13.1. The quantitative estimate of drug-likeness (QED) is 0.531. The highest BCUT2D eigenvalue weighted by molar-refractivity contribution is 6.58. The van der Waals surface area contributed by atoms with Crippen LogP contribution in [-0.2, 0) is 0 Å². The third kappa shape index (κ3) is 2.26. The van der Waals surface area contributed by atoms with Crippen LogP contribution in [0.1, 0.15) is 36.4 Å². The lowest BCUT2D eigenvalue weighted by molar-refractivity contribution is -0.363. The lowest BCUT2D eigenvalue weighted by Gasteiger charge is -2.34. The standard InChI is InChI=1S/C20H19BF4N2O/c1-10-6-12(3)26-19(10)18(14-8-16(23)17(28-5)9-15(14)22)20-11(2)7-13(4)27(20)21(26,24)25/h6-9H,1-5H3. The normalized spacial score (nSPS) is 17.7. The molecule has 0 aliphatic carbocycles. The summed E-state index contributed by atoms with van der Waals surface area (Å²) in [6, 6.07) is 3.60. The number of benzene rings is 1. The molecular weight excluding hydrogens is 371 g/mol. The van der Waals surface area contributed by atoms with Crippen molar-refractivity contribution >= 4 is 18.3 Å². The predicted octanol–water partition coefficient (Wildman–Crippen LogP) is 4.82. The molecule has 1 aromatic heterocycles. The number of aromatic nitrogens is 1. The monoisotopic (exact) mass is 390 g/mol. The second kappa shape index (κ2) is 5.86. The van der Waals surface area contributed by atoms with Gasteiger partial charge in [-0.2, -0.15) is 0 Å². The molecule has 2 aromatic rings. The first-order valence-electron chi connectivity index (χ1n) is 8.90. The van der Waals surface area contributed by atoms with Gasteiger partial charge in [-0.25, -0.2) is 8.78 Å². The molecule has 0 saturated carbocycles. The first-order valence-corrected chi connectivity index (χ1v) is 8.90. The molecule has 0 spiro atoms. The van der Waals surface area contributed by atoms with Gasteiger partial charge >= 0.3 is 6.97 Å². The van der Waals surface area contributed by atoms with Gasteiger partial charge < -0.3 is 22.3 Å². The molecule has 2 aliphatic heterocycles. The highest BCUT2D eigenvalue weighted by atomic mass is 19.2. The summed E-state index contributed by atoms with van der Waals surface area (Å²) in [7, 11) is 1.24. The fraction of sp³-hybridized carbons (Fsp3) is 0.250. The van der Waals surface area contributed by atoms with Crippen LogP contribution in [-0.4, -0.2) is 28.8 Å². The van der Waals surface area contributed by atoms with E-state index >= 15 is 8.63 Å². The van der Waals surface area contributed by atoms with Crippen LogP contribution < -0.4 is 4.74 Å². The fourth-order valence-corrected chi connectivity index (χ4v) is 4.43. The van der Waals surface area contributed by atoms with Crippen molar-refractivity contribution < 1.29 is 26.6 Å². The van der Waals surface area contributed by atoms with E-state index in [1.807, 2.05) is 0 Å². The van der Waals surface area contributed by atoms with Crippen LogP contribution in [0, 0.1) is 25.5 Å². The molecule has 3 heterocycles. The van der Waals surface area contributed by atoms with Crippen molar-refractivity contribution in [2.24, 2.45) is 0 Å². The molecule has 0 N–H and O–H groups in total. The molecule has 8 heteroatoms. The van der Waals surface area contributed by atoms with Gasteiger partial charge in [-0.15, -0.1) is 0 Å². The Morgan fingerprint density at radius 3 is 2.32 bits per heavy atom. The van der Waals surface area contributed by atoms with Gasteiger partial charge in [0.25, 0.3) is 0 Å². The van der Waals surface area contributed by atoms with Crippen molar-refractivity contribution in [3.63, 3.8) is 0 Å². The number of aryl methyl sites for hydroxylation is 2. The number of hydrogen-bond acceptors (Lipinski definition) is 1. The molecule has 0 radical (unpaired) electrons. The van der Waals surface area contributed by atoms with Crippen molar-refractivity contribution in [1.29, 1.82) is 0 Å². The van der Waals surface area contributed by atoms with Crippen LogP contribution >= 0.6 is 0 Å². The fourth-order valence-electron chi connectivity index (χ4n) is 4.43. The average molecular weight is 390 g/mol. The minimum Gasteiger partial charge on any atom is -0.494 e. The number of allylic oxidation sites excluding steroid dienone is 2. The number of ether oxygens (including phenoxy) is 1. The van der Waals surface area contributed by atoms with Crippen LogP contribution in [0.4, 0.5) is 17.4 Å². The summed E-state index contributed by atoms with van der Waals surface area (Å²) in [6.07, 6.45) is 1.64. The molecule has 0 amide bonds. The van der Waals surface area contributed by atoms with Gasteiger partial charge in [0.2, 0.25) is 0 Å².